The Hall–Kier alpha value is -1.31. The summed E-state index contributed by atoms with van der Waals surface area (Å²) >= 11 is 0. The smallest absolute Gasteiger partial charge is 0.150 e. The maximum Gasteiger partial charge on any atom is 0.150 e. The summed E-state index contributed by atoms with van der Waals surface area (Å²) in [5.41, 5.74) is 4.30. The fourth-order valence-corrected chi connectivity index (χ4v) is 2.30. The van der Waals surface area contributed by atoms with Crippen LogP contribution < -0.4 is 4.90 Å². The van der Waals surface area contributed by atoms with Crippen LogP contribution in [0, 0.1) is 13.8 Å². The molecule has 0 saturated carbocycles. The number of hydrogen-bond acceptors (Lipinski definition) is 2. The van der Waals surface area contributed by atoms with Crippen LogP contribution in [-0.4, -0.2) is 19.4 Å². The molecule has 1 fully saturated rings. The molecule has 0 N–H and O–H groups in total. The van der Waals surface area contributed by atoms with Gasteiger partial charge in [-0.05, 0) is 49.9 Å². The molecular formula is C13H17NO. The first-order chi connectivity index (χ1) is 7.22. The Morgan fingerprint density at radius 2 is 1.67 bits per heavy atom. The number of anilines is 1. The quantitative estimate of drug-likeness (QED) is 0.689. The summed E-state index contributed by atoms with van der Waals surface area (Å²) in [4.78, 5) is 13.3. The zero-order valence-electron chi connectivity index (χ0n) is 9.42. The van der Waals surface area contributed by atoms with E-state index in [1.807, 2.05) is 13.8 Å². The van der Waals surface area contributed by atoms with Crippen molar-refractivity contribution in [1.29, 1.82) is 0 Å². The molecule has 0 bridgehead atoms. The minimum atomic E-state index is 0.845. The van der Waals surface area contributed by atoms with Gasteiger partial charge in [-0.15, -0.1) is 0 Å². The Balaban J connectivity index is 2.37. The molecule has 15 heavy (non-hydrogen) atoms. The number of rotatable bonds is 2. The molecule has 1 aliphatic rings. The van der Waals surface area contributed by atoms with E-state index in [1.54, 1.807) is 0 Å². The van der Waals surface area contributed by atoms with Crippen molar-refractivity contribution in [1.82, 2.24) is 0 Å². The highest BCUT2D eigenvalue weighted by Gasteiger charge is 2.14. The molecule has 2 heteroatoms. The Morgan fingerprint density at radius 3 is 2.13 bits per heavy atom. The van der Waals surface area contributed by atoms with E-state index in [1.165, 1.54) is 18.5 Å². The SMILES string of the molecule is Cc1cc(N2CCCC2)cc(C)c1C=O. The first-order valence-electron chi connectivity index (χ1n) is 5.54. The molecule has 1 aliphatic heterocycles. The number of benzene rings is 1. The number of aldehydes is 1. The van der Waals surface area contributed by atoms with Crippen molar-refractivity contribution >= 4 is 12.0 Å². The molecule has 1 aromatic rings. The van der Waals surface area contributed by atoms with Gasteiger partial charge in [0.15, 0.2) is 6.29 Å². The van der Waals surface area contributed by atoms with Gasteiger partial charge in [0.2, 0.25) is 0 Å². The van der Waals surface area contributed by atoms with Gasteiger partial charge in [0, 0.05) is 24.3 Å². The van der Waals surface area contributed by atoms with Crippen molar-refractivity contribution in [3.8, 4) is 0 Å². The van der Waals surface area contributed by atoms with Gasteiger partial charge in [-0.25, -0.2) is 0 Å². The highest BCUT2D eigenvalue weighted by molar-refractivity contribution is 5.81. The second kappa shape index (κ2) is 4.05. The van der Waals surface area contributed by atoms with Crippen molar-refractivity contribution in [2.24, 2.45) is 0 Å². The van der Waals surface area contributed by atoms with E-state index in [-0.39, 0.29) is 0 Å². The van der Waals surface area contributed by atoms with Gasteiger partial charge >= 0.3 is 0 Å². The predicted molar refractivity (Wildman–Crippen MR) is 62.8 cm³/mol. The Labute approximate surface area is 90.9 Å². The summed E-state index contributed by atoms with van der Waals surface area (Å²) in [7, 11) is 0. The molecule has 1 aromatic carbocycles. The van der Waals surface area contributed by atoms with E-state index in [2.05, 4.69) is 17.0 Å². The van der Waals surface area contributed by atoms with Gasteiger partial charge in [0.1, 0.15) is 0 Å². The summed E-state index contributed by atoms with van der Waals surface area (Å²) < 4.78 is 0. The summed E-state index contributed by atoms with van der Waals surface area (Å²) in [6, 6.07) is 4.25. The first kappa shape index (κ1) is 10.2. The van der Waals surface area contributed by atoms with Crippen molar-refractivity contribution in [2.75, 3.05) is 18.0 Å². The molecule has 0 unspecified atom stereocenters. The fourth-order valence-electron chi connectivity index (χ4n) is 2.30. The van der Waals surface area contributed by atoms with Gasteiger partial charge < -0.3 is 4.90 Å². The van der Waals surface area contributed by atoms with Crippen LogP contribution >= 0.6 is 0 Å². The lowest BCUT2D eigenvalue weighted by atomic mass is 10.0. The van der Waals surface area contributed by atoms with Crippen LogP contribution in [-0.2, 0) is 0 Å². The minimum Gasteiger partial charge on any atom is -0.372 e. The molecule has 2 nitrogen and oxygen atoms in total. The minimum absolute atomic E-state index is 0.845. The van der Waals surface area contributed by atoms with Gasteiger partial charge in [-0.3, -0.25) is 4.79 Å². The number of carbonyl (C=O) groups is 1. The molecule has 80 valence electrons. The number of hydrogen-bond donors (Lipinski definition) is 0. The third kappa shape index (κ3) is 1.89. The van der Waals surface area contributed by atoms with E-state index in [0.29, 0.717) is 0 Å². The summed E-state index contributed by atoms with van der Waals surface area (Å²) in [5, 5.41) is 0. The molecule has 0 amide bonds. The molecule has 2 rings (SSSR count). The van der Waals surface area contributed by atoms with Crippen molar-refractivity contribution < 1.29 is 4.79 Å². The van der Waals surface area contributed by atoms with Crippen molar-refractivity contribution in [3.63, 3.8) is 0 Å². The van der Waals surface area contributed by atoms with Gasteiger partial charge in [0.05, 0.1) is 0 Å². The molecule has 1 heterocycles. The lowest BCUT2D eigenvalue weighted by Gasteiger charge is -2.19. The summed E-state index contributed by atoms with van der Waals surface area (Å²) in [6.07, 6.45) is 3.53. The molecule has 0 aromatic heterocycles. The Morgan fingerprint density at radius 1 is 1.13 bits per heavy atom. The van der Waals surface area contributed by atoms with Gasteiger partial charge in [-0.2, -0.15) is 0 Å². The topological polar surface area (TPSA) is 20.3 Å². The molecule has 0 atom stereocenters. The number of aryl methyl sites for hydroxylation is 2. The maximum absolute atomic E-state index is 10.9. The monoisotopic (exact) mass is 203 g/mol. The zero-order valence-corrected chi connectivity index (χ0v) is 9.42. The summed E-state index contributed by atoms with van der Waals surface area (Å²) in [6.45, 7) is 6.32. The third-order valence-corrected chi connectivity index (χ3v) is 3.17. The van der Waals surface area contributed by atoms with Crippen LogP contribution in [0.3, 0.4) is 0 Å². The van der Waals surface area contributed by atoms with Crippen LogP contribution in [0.2, 0.25) is 0 Å². The molecule has 0 radical (unpaired) electrons. The van der Waals surface area contributed by atoms with Gasteiger partial charge in [-0.1, -0.05) is 0 Å². The van der Waals surface area contributed by atoms with Crippen molar-refractivity contribution in [3.05, 3.63) is 28.8 Å². The first-order valence-corrected chi connectivity index (χ1v) is 5.54. The standard InChI is InChI=1S/C13H17NO/c1-10-7-12(14-5-3-4-6-14)8-11(2)13(10)9-15/h7-9H,3-6H2,1-2H3. The van der Waals surface area contributed by atoms with Crippen molar-refractivity contribution in [2.45, 2.75) is 26.7 Å². The van der Waals surface area contributed by atoms with E-state index >= 15 is 0 Å². The highest BCUT2D eigenvalue weighted by atomic mass is 16.1. The van der Waals surface area contributed by atoms with Crippen LogP contribution in [0.1, 0.15) is 34.3 Å². The van der Waals surface area contributed by atoms with Crippen LogP contribution in [0.15, 0.2) is 12.1 Å². The second-order valence-electron chi connectivity index (χ2n) is 4.31. The molecule has 1 saturated heterocycles. The van der Waals surface area contributed by atoms with Crippen LogP contribution in [0.5, 0.6) is 0 Å². The normalized spacial score (nSPS) is 15.7. The Bertz CT molecular complexity index is 355. The maximum atomic E-state index is 10.9. The van der Waals surface area contributed by atoms with Crippen LogP contribution in [0.25, 0.3) is 0 Å². The van der Waals surface area contributed by atoms with E-state index in [0.717, 1.165) is 36.1 Å². The third-order valence-electron chi connectivity index (χ3n) is 3.17. The van der Waals surface area contributed by atoms with E-state index in [4.69, 9.17) is 0 Å². The largest absolute Gasteiger partial charge is 0.372 e. The van der Waals surface area contributed by atoms with Crippen LogP contribution in [0.4, 0.5) is 5.69 Å². The lowest BCUT2D eigenvalue weighted by molar-refractivity contribution is 0.112. The number of nitrogens with zero attached hydrogens (tertiary/aromatic N) is 1. The summed E-state index contributed by atoms with van der Waals surface area (Å²) in [5.74, 6) is 0. The molecule has 0 spiro atoms. The Kier molecular flexibility index (Phi) is 2.76. The van der Waals surface area contributed by atoms with E-state index in [9.17, 15) is 4.79 Å². The average Bonchev–Trinajstić information content (AvgIpc) is 2.69. The average molecular weight is 203 g/mol. The molecular weight excluding hydrogens is 186 g/mol. The second-order valence-corrected chi connectivity index (χ2v) is 4.31. The number of carbonyl (C=O) groups excluding carboxylic acids is 1. The fraction of sp³-hybridized carbons (Fsp3) is 0.462. The highest BCUT2D eigenvalue weighted by Crippen LogP contribution is 2.25. The van der Waals surface area contributed by atoms with E-state index < -0.39 is 0 Å². The predicted octanol–water partition coefficient (Wildman–Crippen LogP) is 2.72. The zero-order chi connectivity index (χ0) is 10.8. The molecule has 0 aliphatic carbocycles. The van der Waals surface area contributed by atoms with Gasteiger partial charge in [0.25, 0.3) is 0 Å². The lowest BCUT2D eigenvalue weighted by Crippen LogP contribution is -2.18.